The molecule has 4 heteroatoms. The van der Waals surface area contributed by atoms with Crippen LogP contribution in [-0.2, 0) is 6.54 Å². The lowest BCUT2D eigenvalue weighted by atomic mass is 10.3. The second kappa shape index (κ2) is 5.32. The fraction of sp³-hybridized carbons (Fsp3) is 0.154. The van der Waals surface area contributed by atoms with Crippen molar-refractivity contribution in [3.8, 4) is 0 Å². The highest BCUT2D eigenvalue weighted by atomic mass is 16.4. The lowest BCUT2D eigenvalue weighted by molar-refractivity contribution is 0.0995. The Morgan fingerprint density at radius 3 is 2.65 bits per heavy atom. The third kappa shape index (κ3) is 2.95. The molecule has 0 atom stereocenters. The van der Waals surface area contributed by atoms with Gasteiger partial charge in [0.15, 0.2) is 5.76 Å². The van der Waals surface area contributed by atoms with E-state index in [4.69, 9.17) is 4.42 Å². The van der Waals surface area contributed by atoms with E-state index in [-0.39, 0.29) is 5.91 Å². The Morgan fingerprint density at radius 2 is 1.94 bits per heavy atom. The monoisotopic (exact) mass is 230 g/mol. The molecule has 0 saturated heterocycles. The predicted octanol–water partition coefficient (Wildman–Crippen LogP) is 2.25. The van der Waals surface area contributed by atoms with Crippen LogP contribution in [0.15, 0.2) is 46.9 Å². The number of anilines is 1. The maximum Gasteiger partial charge on any atom is 0.291 e. The first-order valence-electron chi connectivity index (χ1n) is 5.39. The molecule has 0 bridgehead atoms. The Morgan fingerprint density at radius 1 is 1.18 bits per heavy atom. The zero-order valence-corrected chi connectivity index (χ0v) is 9.57. The van der Waals surface area contributed by atoms with Crippen LogP contribution in [-0.4, -0.2) is 13.0 Å². The number of benzene rings is 1. The van der Waals surface area contributed by atoms with Crippen LogP contribution in [0.5, 0.6) is 0 Å². The molecule has 1 aromatic heterocycles. The lowest BCUT2D eigenvalue weighted by Gasteiger charge is -2.02. The largest absolute Gasteiger partial charge is 0.455 e. The number of nitrogens with one attached hydrogen (secondary N) is 2. The molecule has 1 amide bonds. The van der Waals surface area contributed by atoms with Crippen molar-refractivity contribution in [3.63, 3.8) is 0 Å². The van der Waals surface area contributed by atoms with Gasteiger partial charge in [0.05, 0.1) is 6.54 Å². The van der Waals surface area contributed by atoms with Gasteiger partial charge in [0, 0.05) is 5.69 Å². The molecule has 0 aliphatic heterocycles. The van der Waals surface area contributed by atoms with Gasteiger partial charge < -0.3 is 15.1 Å². The van der Waals surface area contributed by atoms with E-state index >= 15 is 0 Å². The van der Waals surface area contributed by atoms with Crippen molar-refractivity contribution in [2.75, 3.05) is 12.4 Å². The number of furan rings is 1. The zero-order chi connectivity index (χ0) is 12.1. The topological polar surface area (TPSA) is 54.3 Å². The van der Waals surface area contributed by atoms with Crippen LogP contribution in [0.1, 0.15) is 16.3 Å². The summed E-state index contributed by atoms with van der Waals surface area (Å²) in [5, 5.41) is 5.72. The lowest BCUT2D eigenvalue weighted by Crippen LogP contribution is -2.10. The molecule has 2 aromatic rings. The normalized spacial score (nSPS) is 10.2. The highest BCUT2D eigenvalue weighted by Gasteiger charge is 2.10. The van der Waals surface area contributed by atoms with Crippen LogP contribution in [0.3, 0.4) is 0 Å². The number of hydrogen-bond acceptors (Lipinski definition) is 3. The summed E-state index contributed by atoms with van der Waals surface area (Å²) in [5.41, 5.74) is 0.754. The molecule has 88 valence electrons. The van der Waals surface area contributed by atoms with Gasteiger partial charge in [-0.15, -0.1) is 0 Å². The number of carbonyl (C=O) groups is 1. The summed E-state index contributed by atoms with van der Waals surface area (Å²) in [6.07, 6.45) is 0. The quantitative estimate of drug-likeness (QED) is 0.847. The Hall–Kier alpha value is -2.07. The summed E-state index contributed by atoms with van der Waals surface area (Å²) in [4.78, 5) is 11.8. The van der Waals surface area contributed by atoms with E-state index < -0.39 is 0 Å². The van der Waals surface area contributed by atoms with Gasteiger partial charge in [0.2, 0.25) is 0 Å². The van der Waals surface area contributed by atoms with Gasteiger partial charge in [-0.2, -0.15) is 0 Å². The zero-order valence-electron chi connectivity index (χ0n) is 9.57. The van der Waals surface area contributed by atoms with Crippen molar-refractivity contribution in [2.45, 2.75) is 6.54 Å². The Balaban J connectivity index is 2.04. The molecular formula is C13H14N2O2. The average molecular weight is 230 g/mol. The van der Waals surface area contributed by atoms with Crippen LogP contribution in [0.25, 0.3) is 0 Å². The SMILES string of the molecule is CNCc1ccc(C(=O)Nc2ccccc2)o1. The van der Waals surface area contributed by atoms with Crippen molar-refractivity contribution >= 4 is 11.6 Å². The second-order valence-electron chi connectivity index (χ2n) is 3.62. The molecule has 17 heavy (non-hydrogen) atoms. The van der Waals surface area contributed by atoms with E-state index in [0.717, 1.165) is 11.4 Å². The standard InChI is InChI=1S/C13H14N2O2/c1-14-9-11-7-8-12(17-11)13(16)15-10-5-3-2-4-6-10/h2-8,14H,9H2,1H3,(H,15,16). The van der Waals surface area contributed by atoms with E-state index in [1.807, 2.05) is 37.4 Å². The molecule has 0 spiro atoms. The number of rotatable bonds is 4. The van der Waals surface area contributed by atoms with Gasteiger partial charge in [-0.25, -0.2) is 0 Å². The Kier molecular flexibility index (Phi) is 3.57. The summed E-state index contributed by atoms with van der Waals surface area (Å²) >= 11 is 0. The molecule has 2 rings (SSSR count). The molecular weight excluding hydrogens is 216 g/mol. The summed E-state index contributed by atoms with van der Waals surface area (Å²) < 4.78 is 5.38. The maximum atomic E-state index is 11.8. The van der Waals surface area contributed by atoms with Crippen LogP contribution >= 0.6 is 0 Å². The van der Waals surface area contributed by atoms with Crippen LogP contribution in [0.2, 0.25) is 0 Å². The van der Waals surface area contributed by atoms with Crippen molar-refractivity contribution in [1.82, 2.24) is 5.32 Å². The van der Waals surface area contributed by atoms with Gasteiger partial charge in [-0.1, -0.05) is 18.2 Å². The van der Waals surface area contributed by atoms with Gasteiger partial charge in [-0.05, 0) is 31.3 Å². The number of amides is 1. The molecule has 0 aliphatic rings. The highest BCUT2D eigenvalue weighted by molar-refractivity contribution is 6.02. The third-order valence-corrected chi connectivity index (χ3v) is 2.27. The molecule has 0 fully saturated rings. The smallest absolute Gasteiger partial charge is 0.291 e. The molecule has 2 N–H and O–H groups in total. The first kappa shape index (κ1) is 11.4. The summed E-state index contributed by atoms with van der Waals surface area (Å²) in [7, 11) is 1.83. The highest BCUT2D eigenvalue weighted by Crippen LogP contribution is 2.11. The van der Waals surface area contributed by atoms with Crippen molar-refractivity contribution in [3.05, 3.63) is 54.0 Å². The summed E-state index contributed by atoms with van der Waals surface area (Å²) in [6.45, 7) is 0.610. The van der Waals surface area contributed by atoms with Gasteiger partial charge in [0.25, 0.3) is 5.91 Å². The molecule has 4 nitrogen and oxygen atoms in total. The van der Waals surface area contributed by atoms with Gasteiger partial charge in [-0.3, -0.25) is 4.79 Å². The minimum atomic E-state index is -0.237. The minimum Gasteiger partial charge on any atom is -0.455 e. The molecule has 0 saturated carbocycles. The summed E-state index contributed by atoms with van der Waals surface area (Å²) in [5.74, 6) is 0.823. The summed E-state index contributed by atoms with van der Waals surface area (Å²) in [6, 6.07) is 12.7. The van der Waals surface area contributed by atoms with Gasteiger partial charge in [0.1, 0.15) is 5.76 Å². The fourth-order valence-corrected chi connectivity index (χ4v) is 1.48. The molecule has 1 heterocycles. The van der Waals surface area contributed by atoms with Crippen molar-refractivity contribution in [1.29, 1.82) is 0 Å². The van der Waals surface area contributed by atoms with E-state index in [2.05, 4.69) is 10.6 Å². The Bertz CT molecular complexity index is 491. The minimum absolute atomic E-state index is 0.237. The average Bonchev–Trinajstić information content (AvgIpc) is 2.79. The maximum absolute atomic E-state index is 11.8. The number of hydrogen-bond donors (Lipinski definition) is 2. The van der Waals surface area contributed by atoms with Crippen LogP contribution in [0.4, 0.5) is 5.69 Å². The van der Waals surface area contributed by atoms with E-state index in [1.165, 1.54) is 0 Å². The third-order valence-electron chi connectivity index (χ3n) is 2.27. The number of carbonyl (C=O) groups excluding carboxylic acids is 1. The molecule has 0 aliphatic carbocycles. The van der Waals surface area contributed by atoms with Crippen LogP contribution < -0.4 is 10.6 Å². The molecule has 1 aromatic carbocycles. The van der Waals surface area contributed by atoms with Crippen molar-refractivity contribution < 1.29 is 9.21 Å². The van der Waals surface area contributed by atoms with Gasteiger partial charge >= 0.3 is 0 Å². The number of para-hydroxylation sites is 1. The first-order valence-corrected chi connectivity index (χ1v) is 5.39. The van der Waals surface area contributed by atoms with Crippen LogP contribution in [0, 0.1) is 0 Å². The van der Waals surface area contributed by atoms with E-state index in [1.54, 1.807) is 12.1 Å². The second-order valence-corrected chi connectivity index (χ2v) is 3.62. The predicted molar refractivity (Wildman–Crippen MR) is 65.9 cm³/mol. The first-order chi connectivity index (χ1) is 8.29. The van der Waals surface area contributed by atoms with Crippen molar-refractivity contribution in [2.24, 2.45) is 0 Å². The van der Waals surface area contributed by atoms with E-state index in [0.29, 0.717) is 12.3 Å². The molecule has 0 radical (unpaired) electrons. The molecule has 0 unspecified atom stereocenters. The fourth-order valence-electron chi connectivity index (χ4n) is 1.48. The van der Waals surface area contributed by atoms with E-state index in [9.17, 15) is 4.79 Å². The Labute approximate surface area is 99.6 Å².